The van der Waals surface area contributed by atoms with Crippen LogP contribution in [0.15, 0.2) is 30.5 Å². The number of para-hydroxylation sites is 1. The Morgan fingerprint density at radius 1 is 1.35 bits per heavy atom. The number of pyridine rings is 1. The average Bonchev–Trinajstić information content (AvgIpc) is 2.48. The summed E-state index contributed by atoms with van der Waals surface area (Å²) >= 11 is 0. The second-order valence-corrected chi connectivity index (χ2v) is 5.03. The van der Waals surface area contributed by atoms with Crippen molar-refractivity contribution in [1.82, 2.24) is 15.6 Å². The lowest BCUT2D eigenvalue weighted by Gasteiger charge is -2.23. The minimum Gasteiger partial charge on any atom is -0.349 e. The van der Waals surface area contributed by atoms with E-state index in [2.05, 4.69) is 15.6 Å². The van der Waals surface area contributed by atoms with Gasteiger partial charge >= 0.3 is 0 Å². The first kappa shape index (κ1) is 13.0. The molecule has 0 saturated carbocycles. The summed E-state index contributed by atoms with van der Waals surface area (Å²) < 4.78 is 13.5. The van der Waals surface area contributed by atoms with Crippen LogP contribution in [-0.2, 0) is 0 Å². The van der Waals surface area contributed by atoms with Crippen LogP contribution in [0, 0.1) is 5.82 Å². The Labute approximate surface area is 116 Å². The Balaban J connectivity index is 1.80. The van der Waals surface area contributed by atoms with E-state index in [4.69, 9.17) is 0 Å². The molecular formula is C15H16FN3O. The average molecular weight is 273 g/mol. The van der Waals surface area contributed by atoms with Crippen molar-refractivity contribution in [3.05, 3.63) is 41.8 Å². The predicted molar refractivity (Wildman–Crippen MR) is 75.1 cm³/mol. The van der Waals surface area contributed by atoms with E-state index in [1.54, 1.807) is 18.2 Å². The van der Waals surface area contributed by atoms with Gasteiger partial charge < -0.3 is 10.6 Å². The topological polar surface area (TPSA) is 54.0 Å². The van der Waals surface area contributed by atoms with Crippen molar-refractivity contribution >= 4 is 16.8 Å². The molecule has 1 aromatic carbocycles. The highest BCUT2D eigenvalue weighted by atomic mass is 19.1. The Bertz CT molecular complexity index is 638. The molecule has 0 unspecified atom stereocenters. The molecule has 0 aliphatic carbocycles. The van der Waals surface area contributed by atoms with Crippen molar-refractivity contribution in [3.8, 4) is 0 Å². The second-order valence-electron chi connectivity index (χ2n) is 5.03. The standard InChI is InChI=1S/C15H16FN3O/c16-13-3-1-2-10-8-11(9-18-14(10)13)15(20)19-12-4-6-17-7-5-12/h1-3,8-9,12,17H,4-7H2,(H,19,20). The molecule has 20 heavy (non-hydrogen) atoms. The van der Waals surface area contributed by atoms with Crippen LogP contribution in [-0.4, -0.2) is 30.0 Å². The predicted octanol–water partition coefficient (Wildman–Crippen LogP) is 1.86. The van der Waals surface area contributed by atoms with E-state index >= 15 is 0 Å². The molecule has 4 nitrogen and oxygen atoms in total. The van der Waals surface area contributed by atoms with Gasteiger partial charge in [-0.05, 0) is 38.1 Å². The summed E-state index contributed by atoms with van der Waals surface area (Å²) in [6, 6.07) is 6.62. The summed E-state index contributed by atoms with van der Waals surface area (Å²) in [6.07, 6.45) is 3.30. The van der Waals surface area contributed by atoms with Crippen LogP contribution in [0.5, 0.6) is 0 Å². The molecule has 0 radical (unpaired) electrons. The smallest absolute Gasteiger partial charge is 0.253 e. The van der Waals surface area contributed by atoms with Crippen LogP contribution in [0.1, 0.15) is 23.2 Å². The summed E-state index contributed by atoms with van der Waals surface area (Å²) in [5.74, 6) is -0.511. The molecule has 104 valence electrons. The van der Waals surface area contributed by atoms with Gasteiger partial charge in [-0.25, -0.2) is 4.39 Å². The molecule has 0 bridgehead atoms. The zero-order valence-corrected chi connectivity index (χ0v) is 11.0. The van der Waals surface area contributed by atoms with Crippen molar-refractivity contribution in [2.45, 2.75) is 18.9 Å². The third kappa shape index (κ3) is 2.63. The highest BCUT2D eigenvalue weighted by Gasteiger charge is 2.17. The van der Waals surface area contributed by atoms with E-state index < -0.39 is 0 Å². The van der Waals surface area contributed by atoms with Gasteiger partial charge in [-0.15, -0.1) is 0 Å². The molecule has 0 spiro atoms. The SMILES string of the molecule is O=C(NC1CCNCC1)c1cnc2c(F)cccc2c1. The lowest BCUT2D eigenvalue weighted by Crippen LogP contribution is -2.42. The fourth-order valence-corrected chi connectivity index (χ4v) is 2.48. The Kier molecular flexibility index (Phi) is 3.60. The number of hydrogen-bond acceptors (Lipinski definition) is 3. The Morgan fingerprint density at radius 3 is 2.95 bits per heavy atom. The largest absolute Gasteiger partial charge is 0.349 e. The summed E-state index contributed by atoms with van der Waals surface area (Å²) in [4.78, 5) is 16.2. The molecule has 5 heteroatoms. The van der Waals surface area contributed by atoms with Gasteiger partial charge in [0.15, 0.2) is 0 Å². The van der Waals surface area contributed by atoms with Crippen molar-refractivity contribution in [1.29, 1.82) is 0 Å². The van der Waals surface area contributed by atoms with E-state index in [9.17, 15) is 9.18 Å². The molecule has 1 amide bonds. The van der Waals surface area contributed by atoms with Gasteiger partial charge in [0.05, 0.1) is 5.56 Å². The zero-order chi connectivity index (χ0) is 13.9. The van der Waals surface area contributed by atoms with Gasteiger partial charge in [-0.1, -0.05) is 12.1 Å². The van der Waals surface area contributed by atoms with Crippen molar-refractivity contribution in [2.24, 2.45) is 0 Å². The molecule has 1 fully saturated rings. The van der Waals surface area contributed by atoms with E-state index in [0.717, 1.165) is 25.9 Å². The number of rotatable bonds is 2. The third-order valence-corrected chi connectivity index (χ3v) is 3.60. The number of carbonyl (C=O) groups excluding carboxylic acids is 1. The molecule has 0 atom stereocenters. The highest BCUT2D eigenvalue weighted by Crippen LogP contribution is 2.16. The van der Waals surface area contributed by atoms with Gasteiger partial charge in [-0.2, -0.15) is 0 Å². The van der Waals surface area contributed by atoms with Gasteiger partial charge in [0.2, 0.25) is 0 Å². The summed E-state index contributed by atoms with van der Waals surface area (Å²) in [5, 5.41) is 6.90. The lowest BCUT2D eigenvalue weighted by molar-refractivity contribution is 0.0929. The third-order valence-electron chi connectivity index (χ3n) is 3.60. The molecule has 1 aromatic heterocycles. The minimum atomic E-state index is -0.368. The highest BCUT2D eigenvalue weighted by molar-refractivity contribution is 5.97. The maximum absolute atomic E-state index is 13.5. The van der Waals surface area contributed by atoms with Gasteiger partial charge in [0.1, 0.15) is 11.3 Å². The van der Waals surface area contributed by atoms with Crippen LogP contribution in [0.25, 0.3) is 10.9 Å². The van der Waals surface area contributed by atoms with E-state index in [0.29, 0.717) is 16.5 Å². The van der Waals surface area contributed by atoms with Crippen LogP contribution < -0.4 is 10.6 Å². The molecule has 3 rings (SSSR count). The van der Waals surface area contributed by atoms with E-state index in [1.807, 2.05) is 0 Å². The van der Waals surface area contributed by atoms with Gasteiger partial charge in [0.25, 0.3) is 5.91 Å². The quantitative estimate of drug-likeness (QED) is 0.878. The lowest BCUT2D eigenvalue weighted by atomic mass is 10.1. The second kappa shape index (κ2) is 5.54. The monoisotopic (exact) mass is 273 g/mol. The Morgan fingerprint density at radius 2 is 2.15 bits per heavy atom. The summed E-state index contributed by atoms with van der Waals surface area (Å²) in [6.45, 7) is 1.85. The van der Waals surface area contributed by atoms with Crippen LogP contribution in [0.3, 0.4) is 0 Å². The number of halogens is 1. The number of amides is 1. The minimum absolute atomic E-state index is 0.143. The normalized spacial score (nSPS) is 16.2. The number of carbonyl (C=O) groups is 1. The number of hydrogen-bond donors (Lipinski definition) is 2. The number of nitrogens with one attached hydrogen (secondary N) is 2. The Hall–Kier alpha value is -2.01. The summed E-state index contributed by atoms with van der Waals surface area (Å²) in [7, 11) is 0. The fraction of sp³-hybridized carbons (Fsp3) is 0.333. The maximum Gasteiger partial charge on any atom is 0.253 e. The first-order valence-corrected chi connectivity index (χ1v) is 6.80. The molecular weight excluding hydrogens is 257 g/mol. The molecule has 1 aliphatic rings. The van der Waals surface area contributed by atoms with Crippen LogP contribution in [0.2, 0.25) is 0 Å². The van der Waals surface area contributed by atoms with Crippen LogP contribution >= 0.6 is 0 Å². The molecule has 1 saturated heterocycles. The van der Waals surface area contributed by atoms with E-state index in [1.165, 1.54) is 12.3 Å². The first-order valence-electron chi connectivity index (χ1n) is 6.80. The number of fused-ring (bicyclic) bond motifs is 1. The van der Waals surface area contributed by atoms with E-state index in [-0.39, 0.29) is 17.8 Å². The maximum atomic E-state index is 13.5. The van der Waals surface area contributed by atoms with Crippen LogP contribution in [0.4, 0.5) is 4.39 Å². The van der Waals surface area contributed by atoms with Gasteiger partial charge in [0, 0.05) is 17.6 Å². The number of benzene rings is 1. The number of aromatic nitrogens is 1. The number of nitrogens with zero attached hydrogens (tertiary/aromatic N) is 1. The molecule has 2 N–H and O–H groups in total. The molecule has 2 heterocycles. The number of piperidine rings is 1. The van der Waals surface area contributed by atoms with Gasteiger partial charge in [-0.3, -0.25) is 9.78 Å². The molecule has 2 aromatic rings. The van der Waals surface area contributed by atoms with Crippen molar-refractivity contribution < 1.29 is 9.18 Å². The fourth-order valence-electron chi connectivity index (χ4n) is 2.48. The molecule has 1 aliphatic heterocycles. The van der Waals surface area contributed by atoms with Crippen molar-refractivity contribution in [3.63, 3.8) is 0 Å². The first-order chi connectivity index (χ1) is 9.74. The summed E-state index contributed by atoms with van der Waals surface area (Å²) in [5.41, 5.74) is 0.771. The van der Waals surface area contributed by atoms with Crippen molar-refractivity contribution in [2.75, 3.05) is 13.1 Å². The zero-order valence-electron chi connectivity index (χ0n) is 11.0.